The Bertz CT molecular complexity index is 145. The van der Waals surface area contributed by atoms with Crippen molar-refractivity contribution in [2.75, 3.05) is 46.4 Å². The van der Waals surface area contributed by atoms with Gasteiger partial charge in [0, 0.05) is 39.4 Å². The monoisotopic (exact) mass is 230 g/mol. The summed E-state index contributed by atoms with van der Waals surface area (Å²) in [4.78, 5) is 14.2. The van der Waals surface area contributed by atoms with E-state index in [4.69, 9.17) is 4.74 Å². The maximum absolute atomic E-state index is 10.2. The standard InChI is InChI=1S/C6H12N2O.C4H8O.C2H6/c1-7-2-4-8(6-9)5-3-7;1-2-4-5-3-1;1-2/h6H,2-5H2,1H3;1-4H2;1-2H3. The first-order valence-corrected chi connectivity index (χ1v) is 6.28. The third kappa shape index (κ3) is 7.65. The minimum Gasteiger partial charge on any atom is -0.381 e. The van der Waals surface area contributed by atoms with Crippen molar-refractivity contribution in [3.05, 3.63) is 0 Å². The normalized spacial score (nSPS) is 20.3. The molecule has 96 valence electrons. The number of piperazine rings is 1. The van der Waals surface area contributed by atoms with Crippen LogP contribution >= 0.6 is 0 Å². The molecule has 2 aliphatic heterocycles. The van der Waals surface area contributed by atoms with Gasteiger partial charge in [0.2, 0.25) is 6.41 Å². The number of likely N-dealkylation sites (N-methyl/N-ethyl adjacent to an activating group) is 1. The van der Waals surface area contributed by atoms with E-state index in [1.54, 1.807) is 4.90 Å². The van der Waals surface area contributed by atoms with Gasteiger partial charge in [0.05, 0.1) is 0 Å². The summed E-state index contributed by atoms with van der Waals surface area (Å²) in [5.41, 5.74) is 0. The molecule has 0 unspecified atom stereocenters. The van der Waals surface area contributed by atoms with Crippen molar-refractivity contribution in [2.45, 2.75) is 26.7 Å². The van der Waals surface area contributed by atoms with Crippen molar-refractivity contribution in [1.29, 1.82) is 0 Å². The Morgan fingerprint density at radius 3 is 1.81 bits per heavy atom. The van der Waals surface area contributed by atoms with E-state index in [1.807, 2.05) is 13.8 Å². The van der Waals surface area contributed by atoms with Crippen molar-refractivity contribution >= 4 is 6.41 Å². The van der Waals surface area contributed by atoms with Crippen LogP contribution in [-0.4, -0.2) is 62.7 Å². The highest BCUT2D eigenvalue weighted by molar-refractivity contribution is 5.47. The molecule has 0 saturated carbocycles. The van der Waals surface area contributed by atoms with E-state index in [9.17, 15) is 4.79 Å². The van der Waals surface area contributed by atoms with Gasteiger partial charge in [-0.2, -0.15) is 0 Å². The SMILES string of the molecule is C1CCOC1.CC.CN1CCN(C=O)CC1. The summed E-state index contributed by atoms with van der Waals surface area (Å²) < 4.78 is 4.94. The number of hydrogen-bond acceptors (Lipinski definition) is 3. The molecule has 2 rings (SSSR count). The lowest BCUT2D eigenvalue weighted by atomic mass is 10.4. The first-order valence-electron chi connectivity index (χ1n) is 6.28. The molecule has 0 aromatic heterocycles. The molecule has 0 aliphatic carbocycles. The molecule has 1 amide bonds. The van der Waals surface area contributed by atoms with E-state index < -0.39 is 0 Å². The summed E-state index contributed by atoms with van der Waals surface area (Å²) in [6, 6.07) is 0. The number of rotatable bonds is 1. The van der Waals surface area contributed by atoms with Crippen molar-refractivity contribution in [3.8, 4) is 0 Å². The van der Waals surface area contributed by atoms with Gasteiger partial charge in [-0.3, -0.25) is 4.79 Å². The van der Waals surface area contributed by atoms with E-state index in [1.165, 1.54) is 12.8 Å². The first kappa shape index (κ1) is 15.4. The molecule has 0 spiro atoms. The molecule has 2 aliphatic rings. The average molecular weight is 230 g/mol. The summed E-state index contributed by atoms with van der Waals surface area (Å²) >= 11 is 0. The molecular weight excluding hydrogens is 204 g/mol. The third-order valence-corrected chi connectivity index (χ3v) is 2.51. The quantitative estimate of drug-likeness (QED) is 0.635. The van der Waals surface area contributed by atoms with Gasteiger partial charge in [-0.05, 0) is 19.9 Å². The zero-order valence-electron chi connectivity index (χ0n) is 10.9. The second-order valence-electron chi connectivity index (χ2n) is 3.76. The van der Waals surface area contributed by atoms with E-state index in [0.717, 1.165) is 45.8 Å². The smallest absolute Gasteiger partial charge is 0.209 e. The molecule has 2 heterocycles. The van der Waals surface area contributed by atoms with Gasteiger partial charge in [0.25, 0.3) is 0 Å². The van der Waals surface area contributed by atoms with Crippen LogP contribution in [-0.2, 0) is 9.53 Å². The third-order valence-electron chi connectivity index (χ3n) is 2.51. The number of nitrogens with zero attached hydrogens (tertiary/aromatic N) is 2. The largest absolute Gasteiger partial charge is 0.381 e. The molecule has 0 aromatic rings. The van der Waals surface area contributed by atoms with Crippen LogP contribution in [0, 0.1) is 0 Å². The molecule has 4 heteroatoms. The Hall–Kier alpha value is -0.610. The van der Waals surface area contributed by atoms with Gasteiger partial charge in [-0.15, -0.1) is 0 Å². The molecule has 0 N–H and O–H groups in total. The Kier molecular flexibility index (Phi) is 10.5. The summed E-state index contributed by atoms with van der Waals surface area (Å²) in [5.74, 6) is 0. The number of amides is 1. The summed E-state index contributed by atoms with van der Waals surface area (Å²) in [6.45, 7) is 9.80. The van der Waals surface area contributed by atoms with Crippen LogP contribution < -0.4 is 0 Å². The maximum atomic E-state index is 10.2. The van der Waals surface area contributed by atoms with Crippen LogP contribution in [0.1, 0.15) is 26.7 Å². The van der Waals surface area contributed by atoms with Gasteiger partial charge in [-0.1, -0.05) is 13.8 Å². The minimum absolute atomic E-state index is 0.889. The molecule has 2 fully saturated rings. The Morgan fingerprint density at radius 2 is 1.50 bits per heavy atom. The van der Waals surface area contributed by atoms with Crippen molar-refractivity contribution in [1.82, 2.24) is 9.80 Å². The number of hydrogen-bond donors (Lipinski definition) is 0. The van der Waals surface area contributed by atoms with Gasteiger partial charge < -0.3 is 14.5 Å². The van der Waals surface area contributed by atoms with Gasteiger partial charge in [-0.25, -0.2) is 0 Å². The molecule has 4 nitrogen and oxygen atoms in total. The van der Waals surface area contributed by atoms with E-state index in [-0.39, 0.29) is 0 Å². The van der Waals surface area contributed by atoms with Gasteiger partial charge in [0.1, 0.15) is 0 Å². The van der Waals surface area contributed by atoms with Gasteiger partial charge >= 0.3 is 0 Å². The van der Waals surface area contributed by atoms with Crippen LogP contribution in [0.5, 0.6) is 0 Å². The average Bonchev–Trinajstić information content (AvgIpc) is 2.91. The highest BCUT2D eigenvalue weighted by Gasteiger charge is 2.10. The second kappa shape index (κ2) is 10.9. The highest BCUT2D eigenvalue weighted by atomic mass is 16.5. The van der Waals surface area contributed by atoms with Crippen LogP contribution in [0.3, 0.4) is 0 Å². The Labute approximate surface area is 99.5 Å². The zero-order valence-corrected chi connectivity index (χ0v) is 10.9. The fourth-order valence-electron chi connectivity index (χ4n) is 1.44. The second-order valence-corrected chi connectivity index (χ2v) is 3.76. The van der Waals surface area contributed by atoms with Crippen LogP contribution in [0.15, 0.2) is 0 Å². The molecule has 0 atom stereocenters. The minimum atomic E-state index is 0.889. The number of carbonyl (C=O) groups excluding carboxylic acids is 1. The predicted molar refractivity (Wildman–Crippen MR) is 66.5 cm³/mol. The first-order chi connectivity index (χ1) is 7.83. The molecule has 0 radical (unpaired) electrons. The Balaban J connectivity index is 0.000000272. The molecule has 0 bridgehead atoms. The van der Waals surface area contributed by atoms with Crippen molar-refractivity contribution in [3.63, 3.8) is 0 Å². The number of carbonyl (C=O) groups is 1. The lowest BCUT2D eigenvalue weighted by molar-refractivity contribution is -0.119. The maximum Gasteiger partial charge on any atom is 0.209 e. The predicted octanol–water partition coefficient (Wildman–Crippen LogP) is 1.21. The molecule has 0 aromatic carbocycles. The van der Waals surface area contributed by atoms with Crippen LogP contribution in [0.25, 0.3) is 0 Å². The van der Waals surface area contributed by atoms with E-state index >= 15 is 0 Å². The lowest BCUT2D eigenvalue weighted by Gasteiger charge is -2.29. The molecular formula is C12H26N2O2. The molecule has 2 saturated heterocycles. The van der Waals surface area contributed by atoms with Crippen molar-refractivity contribution < 1.29 is 9.53 Å². The van der Waals surface area contributed by atoms with Crippen molar-refractivity contribution in [2.24, 2.45) is 0 Å². The summed E-state index contributed by atoms with van der Waals surface area (Å²) in [7, 11) is 2.07. The fraction of sp³-hybridized carbons (Fsp3) is 0.917. The summed E-state index contributed by atoms with van der Waals surface area (Å²) in [5, 5.41) is 0. The van der Waals surface area contributed by atoms with Crippen LogP contribution in [0.2, 0.25) is 0 Å². The lowest BCUT2D eigenvalue weighted by Crippen LogP contribution is -2.43. The van der Waals surface area contributed by atoms with E-state index in [0.29, 0.717) is 0 Å². The summed E-state index contributed by atoms with van der Waals surface area (Å²) in [6.07, 6.45) is 3.48. The highest BCUT2D eigenvalue weighted by Crippen LogP contribution is 1.98. The number of ether oxygens (including phenoxy) is 1. The zero-order chi connectivity index (χ0) is 12.2. The Morgan fingerprint density at radius 1 is 1.00 bits per heavy atom. The topological polar surface area (TPSA) is 32.8 Å². The fourth-order valence-corrected chi connectivity index (χ4v) is 1.44. The molecule has 16 heavy (non-hydrogen) atoms. The van der Waals surface area contributed by atoms with E-state index in [2.05, 4.69) is 11.9 Å². The van der Waals surface area contributed by atoms with Gasteiger partial charge in [0.15, 0.2) is 0 Å². The van der Waals surface area contributed by atoms with Crippen LogP contribution in [0.4, 0.5) is 0 Å².